The van der Waals surface area contributed by atoms with E-state index < -0.39 is 32.1 Å². The van der Waals surface area contributed by atoms with E-state index in [1.807, 2.05) is 83.8 Å². The normalized spacial score (nSPS) is 15.5. The van der Waals surface area contributed by atoms with Crippen molar-refractivity contribution in [3.05, 3.63) is 95.6 Å². The largest absolute Gasteiger partial charge is 0.497 e. The topological polar surface area (TPSA) is 69.7 Å². The van der Waals surface area contributed by atoms with E-state index in [9.17, 15) is 18.0 Å². The van der Waals surface area contributed by atoms with E-state index in [2.05, 4.69) is 33.9 Å². The summed E-state index contributed by atoms with van der Waals surface area (Å²) in [5, 5.41) is -0.0219. The van der Waals surface area contributed by atoms with Gasteiger partial charge in [0, 0.05) is 32.7 Å². The van der Waals surface area contributed by atoms with Crippen LogP contribution in [0.25, 0.3) is 0 Å². The number of hydrogen-bond acceptors (Lipinski definition) is 7. The van der Waals surface area contributed by atoms with Crippen LogP contribution < -0.4 is 9.47 Å². The smallest absolute Gasteiger partial charge is 0.471 e. The molecule has 274 valence electrons. The van der Waals surface area contributed by atoms with Gasteiger partial charge in [-0.05, 0) is 59.1 Å². The van der Waals surface area contributed by atoms with E-state index in [1.54, 1.807) is 14.2 Å². The van der Waals surface area contributed by atoms with Crippen molar-refractivity contribution in [1.29, 1.82) is 0 Å². The molecule has 1 heterocycles. The quantitative estimate of drug-likeness (QED) is 0.123. The van der Waals surface area contributed by atoms with Crippen molar-refractivity contribution in [3.8, 4) is 11.5 Å². The number of methoxy groups -OCH3 is 2. The SMILES string of the molecule is COc1ccc(C(OC[C@@H](CO[Si](C)(C)C(C)(C)C)OCCN2CCN(C(=O)C(F)(F)F)CC2)(c2ccccc2)c2ccc(OC)cc2)cc1. The first kappa shape index (κ1) is 39.4. The number of carbonyl (C=O) groups is 1. The van der Waals surface area contributed by atoms with Gasteiger partial charge in [0.15, 0.2) is 8.32 Å². The van der Waals surface area contributed by atoms with Gasteiger partial charge >= 0.3 is 12.1 Å². The fraction of sp³-hybridized carbons (Fsp3) is 0.500. The molecule has 1 aliphatic rings. The van der Waals surface area contributed by atoms with Gasteiger partial charge in [0.25, 0.3) is 0 Å². The minimum absolute atomic E-state index is 0.0166. The third kappa shape index (κ3) is 9.67. The first-order valence-electron chi connectivity index (χ1n) is 16.9. The number of hydrogen-bond donors (Lipinski definition) is 0. The van der Waals surface area contributed by atoms with Crippen LogP contribution in [0.15, 0.2) is 78.9 Å². The average molecular weight is 717 g/mol. The lowest BCUT2D eigenvalue weighted by molar-refractivity contribution is -0.187. The highest BCUT2D eigenvalue weighted by Gasteiger charge is 2.43. The summed E-state index contributed by atoms with van der Waals surface area (Å²) in [6.45, 7) is 12.9. The number of ether oxygens (including phenoxy) is 4. The second-order valence-corrected chi connectivity index (χ2v) is 18.8. The third-order valence-corrected chi connectivity index (χ3v) is 14.3. The van der Waals surface area contributed by atoms with Crippen LogP contribution in [0.1, 0.15) is 37.5 Å². The maximum Gasteiger partial charge on any atom is 0.471 e. The zero-order valence-electron chi connectivity index (χ0n) is 30.2. The lowest BCUT2D eigenvalue weighted by Gasteiger charge is -2.39. The Balaban J connectivity index is 1.61. The number of rotatable bonds is 15. The number of benzene rings is 3. The molecule has 3 aromatic carbocycles. The second-order valence-electron chi connectivity index (χ2n) is 14.0. The summed E-state index contributed by atoms with van der Waals surface area (Å²) in [6.07, 6.45) is -5.33. The Morgan fingerprint density at radius 2 is 1.26 bits per heavy atom. The molecule has 0 spiro atoms. The summed E-state index contributed by atoms with van der Waals surface area (Å²) in [7, 11) is 1.10. The molecule has 50 heavy (non-hydrogen) atoms. The molecule has 0 radical (unpaired) electrons. The van der Waals surface area contributed by atoms with E-state index in [-0.39, 0.29) is 24.7 Å². The van der Waals surface area contributed by atoms with Crippen LogP contribution in [-0.4, -0.2) is 103 Å². The summed E-state index contributed by atoms with van der Waals surface area (Å²) >= 11 is 0. The Labute approximate surface area is 295 Å². The highest BCUT2D eigenvalue weighted by atomic mass is 28.4. The Bertz CT molecular complexity index is 1440. The Hall–Kier alpha value is -3.42. The third-order valence-electron chi connectivity index (χ3n) is 9.76. The van der Waals surface area contributed by atoms with Crippen LogP contribution in [-0.2, 0) is 24.3 Å². The molecule has 12 heteroatoms. The van der Waals surface area contributed by atoms with Crippen LogP contribution in [0.4, 0.5) is 13.2 Å². The Kier molecular flexibility index (Phi) is 13.2. The van der Waals surface area contributed by atoms with E-state index >= 15 is 0 Å². The number of nitrogens with zero attached hydrogens (tertiary/aromatic N) is 2. The van der Waals surface area contributed by atoms with Crippen LogP contribution in [0.5, 0.6) is 11.5 Å². The highest BCUT2D eigenvalue weighted by Crippen LogP contribution is 2.42. The maximum atomic E-state index is 12.9. The number of halogens is 3. The van der Waals surface area contributed by atoms with Crippen molar-refractivity contribution in [2.24, 2.45) is 0 Å². The van der Waals surface area contributed by atoms with Gasteiger partial charge in [-0.15, -0.1) is 0 Å². The fourth-order valence-corrected chi connectivity index (χ4v) is 6.69. The molecule has 0 bridgehead atoms. The van der Waals surface area contributed by atoms with Crippen LogP contribution in [0.3, 0.4) is 0 Å². The zero-order valence-corrected chi connectivity index (χ0v) is 31.2. The minimum Gasteiger partial charge on any atom is -0.497 e. The van der Waals surface area contributed by atoms with Crippen molar-refractivity contribution in [2.75, 3.05) is 66.8 Å². The predicted molar refractivity (Wildman–Crippen MR) is 190 cm³/mol. The molecule has 1 fully saturated rings. The monoisotopic (exact) mass is 716 g/mol. The lowest BCUT2D eigenvalue weighted by atomic mass is 9.80. The predicted octanol–water partition coefficient (Wildman–Crippen LogP) is 7.13. The number of piperazine rings is 1. The van der Waals surface area contributed by atoms with E-state index in [4.69, 9.17) is 23.4 Å². The lowest BCUT2D eigenvalue weighted by Crippen LogP contribution is -2.53. The molecule has 3 aromatic rings. The molecule has 1 amide bonds. The molecule has 1 atom stereocenters. The molecule has 0 unspecified atom stereocenters. The van der Waals surface area contributed by atoms with E-state index in [0.717, 1.165) is 33.1 Å². The number of carbonyl (C=O) groups excluding carboxylic acids is 1. The van der Waals surface area contributed by atoms with Crippen molar-refractivity contribution in [1.82, 2.24) is 9.80 Å². The van der Waals surface area contributed by atoms with Crippen molar-refractivity contribution < 1.29 is 41.3 Å². The Morgan fingerprint density at radius 1 is 0.760 bits per heavy atom. The summed E-state index contributed by atoms with van der Waals surface area (Å²) in [4.78, 5) is 14.6. The Morgan fingerprint density at radius 3 is 1.72 bits per heavy atom. The van der Waals surface area contributed by atoms with Gasteiger partial charge in [-0.1, -0.05) is 75.4 Å². The molecule has 8 nitrogen and oxygen atoms in total. The molecule has 0 aliphatic carbocycles. The van der Waals surface area contributed by atoms with Crippen LogP contribution in [0, 0.1) is 0 Å². The van der Waals surface area contributed by atoms with E-state index in [0.29, 0.717) is 32.8 Å². The number of alkyl halides is 3. The van der Waals surface area contributed by atoms with Gasteiger partial charge in [0.2, 0.25) is 0 Å². The van der Waals surface area contributed by atoms with Gasteiger partial charge in [-0.2, -0.15) is 13.2 Å². The van der Waals surface area contributed by atoms with Crippen molar-refractivity contribution in [3.63, 3.8) is 0 Å². The van der Waals surface area contributed by atoms with Gasteiger partial charge in [0.05, 0.1) is 34.0 Å². The highest BCUT2D eigenvalue weighted by molar-refractivity contribution is 6.74. The summed E-state index contributed by atoms with van der Waals surface area (Å²) in [6, 6.07) is 25.7. The van der Waals surface area contributed by atoms with E-state index in [1.165, 1.54) is 0 Å². The molecule has 0 N–H and O–H groups in total. The molecule has 1 saturated heterocycles. The first-order valence-corrected chi connectivity index (χ1v) is 19.8. The minimum atomic E-state index is -4.87. The van der Waals surface area contributed by atoms with Gasteiger partial charge in [-0.3, -0.25) is 9.69 Å². The fourth-order valence-electron chi connectivity index (χ4n) is 5.66. The molecule has 0 saturated carbocycles. The van der Waals surface area contributed by atoms with Crippen LogP contribution in [0.2, 0.25) is 18.1 Å². The maximum absolute atomic E-state index is 12.9. The van der Waals surface area contributed by atoms with Crippen LogP contribution >= 0.6 is 0 Å². The summed E-state index contributed by atoms with van der Waals surface area (Å²) < 4.78 is 70.1. The van der Waals surface area contributed by atoms with Gasteiger partial charge in [-0.25, -0.2) is 0 Å². The van der Waals surface area contributed by atoms with Crippen molar-refractivity contribution >= 4 is 14.2 Å². The first-order chi connectivity index (χ1) is 23.6. The van der Waals surface area contributed by atoms with Gasteiger partial charge < -0.3 is 28.3 Å². The summed E-state index contributed by atoms with van der Waals surface area (Å²) in [5.41, 5.74) is 1.67. The molecular weight excluding hydrogens is 666 g/mol. The number of amides is 1. The molecular formula is C38H51F3N2O6Si. The molecule has 4 rings (SSSR count). The zero-order chi connectivity index (χ0) is 36.6. The van der Waals surface area contributed by atoms with Crippen molar-refractivity contribution in [2.45, 2.75) is 56.8 Å². The van der Waals surface area contributed by atoms with Gasteiger partial charge in [0.1, 0.15) is 23.2 Å². The molecule has 0 aromatic heterocycles. The standard InChI is InChI=1S/C38H51F3N2O6Si/c1-36(2,3)50(6,7)49-28-34(47-26-25-42-21-23-43(24-22-42)35(44)38(39,40)41)27-48-37(29-11-9-8-10-12-29,30-13-17-32(45-4)18-14-30)31-15-19-33(46-5)20-16-31/h8-20,34H,21-28H2,1-7H3/t34-/m0/s1. The average Bonchev–Trinajstić information content (AvgIpc) is 3.10. The summed E-state index contributed by atoms with van der Waals surface area (Å²) in [5.74, 6) is -0.347. The second kappa shape index (κ2) is 16.7. The molecule has 1 aliphatic heterocycles.